The van der Waals surface area contributed by atoms with Gasteiger partial charge in [-0.15, -0.1) is 11.6 Å². The van der Waals surface area contributed by atoms with Gasteiger partial charge in [-0.2, -0.15) is 0 Å². The Morgan fingerprint density at radius 2 is 1.95 bits per heavy atom. The maximum absolute atomic E-state index is 12.8. The van der Waals surface area contributed by atoms with Crippen molar-refractivity contribution < 1.29 is 9.53 Å². The summed E-state index contributed by atoms with van der Waals surface area (Å²) in [6.07, 6.45) is 2.05. The van der Waals surface area contributed by atoms with Crippen molar-refractivity contribution in [2.45, 2.75) is 52.8 Å². The van der Waals surface area contributed by atoms with Crippen LogP contribution in [-0.4, -0.2) is 24.6 Å². The highest BCUT2D eigenvalue weighted by Crippen LogP contribution is 2.29. The number of rotatable bonds is 7. The van der Waals surface area contributed by atoms with Crippen molar-refractivity contribution in [1.29, 1.82) is 0 Å². The lowest BCUT2D eigenvalue weighted by Crippen LogP contribution is -2.44. The topological polar surface area (TPSA) is 29.5 Å². The zero-order valence-electron chi connectivity index (χ0n) is 14.4. The van der Waals surface area contributed by atoms with Crippen molar-refractivity contribution in [2.75, 3.05) is 18.2 Å². The van der Waals surface area contributed by atoms with E-state index in [1.165, 1.54) is 0 Å². The number of unbranched alkanes of at least 4 members (excludes halogenated alkanes) is 1. The predicted molar refractivity (Wildman–Crippen MR) is 93.5 cm³/mol. The Balaban J connectivity index is 2.96. The Hall–Kier alpha value is -1.06. The van der Waals surface area contributed by atoms with Crippen molar-refractivity contribution in [2.24, 2.45) is 5.41 Å². The highest BCUT2D eigenvalue weighted by Gasteiger charge is 2.33. The van der Waals surface area contributed by atoms with Crippen LogP contribution in [-0.2, 0) is 9.53 Å². The van der Waals surface area contributed by atoms with Gasteiger partial charge in [0.25, 0.3) is 0 Å². The smallest absolute Gasteiger partial charge is 0.247 e. The zero-order chi connectivity index (χ0) is 16.8. The lowest BCUT2D eigenvalue weighted by atomic mass is 9.91. The van der Waals surface area contributed by atoms with Gasteiger partial charge in [0.2, 0.25) is 5.91 Å². The molecule has 3 nitrogen and oxygen atoms in total. The molecule has 0 N–H and O–H groups in total. The molecule has 1 aromatic rings. The molecule has 0 aliphatic rings. The first-order valence-corrected chi connectivity index (χ1v) is 8.31. The number of carbonyl (C=O) groups excluding carboxylic acids is 1. The molecule has 1 amide bonds. The first-order valence-electron chi connectivity index (χ1n) is 7.87. The van der Waals surface area contributed by atoms with Gasteiger partial charge in [0.1, 0.15) is 12.1 Å². The van der Waals surface area contributed by atoms with Crippen molar-refractivity contribution >= 4 is 23.2 Å². The molecule has 4 heteroatoms. The second-order valence-electron chi connectivity index (χ2n) is 6.67. The number of aryl methyl sites for hydroxylation is 1. The minimum Gasteiger partial charge on any atom is -0.361 e. The van der Waals surface area contributed by atoms with Crippen LogP contribution in [0.5, 0.6) is 0 Å². The third kappa shape index (κ3) is 5.29. The molecule has 0 radical (unpaired) electrons. The molecule has 0 heterocycles. The van der Waals surface area contributed by atoms with Crippen molar-refractivity contribution in [3.63, 3.8) is 0 Å². The van der Waals surface area contributed by atoms with E-state index >= 15 is 0 Å². The van der Waals surface area contributed by atoms with Gasteiger partial charge < -0.3 is 4.74 Å². The molecular formula is C18H28ClNO2. The first kappa shape index (κ1) is 19.0. The highest BCUT2D eigenvalue weighted by molar-refractivity contribution is 6.33. The molecule has 124 valence electrons. The molecule has 0 aliphatic carbocycles. The lowest BCUT2D eigenvalue weighted by Gasteiger charge is -2.31. The third-order valence-electron chi connectivity index (χ3n) is 3.51. The van der Waals surface area contributed by atoms with E-state index in [1.54, 1.807) is 4.90 Å². The monoisotopic (exact) mass is 325 g/mol. The summed E-state index contributed by atoms with van der Waals surface area (Å²) in [4.78, 5) is 14.5. The molecule has 0 bridgehead atoms. The molecule has 0 fully saturated rings. The minimum absolute atomic E-state index is 0.111. The summed E-state index contributed by atoms with van der Waals surface area (Å²) < 4.78 is 5.68. The summed E-state index contributed by atoms with van der Waals surface area (Å²) >= 11 is 6.40. The normalized spacial score (nSPS) is 13.0. The fraction of sp³-hybridized carbons (Fsp3) is 0.611. The van der Waals surface area contributed by atoms with Gasteiger partial charge >= 0.3 is 0 Å². The number of halogens is 1. The number of ether oxygens (including phenoxy) is 1. The first-order chi connectivity index (χ1) is 10.3. The van der Waals surface area contributed by atoms with E-state index in [1.807, 2.05) is 52.0 Å². The molecule has 0 aliphatic heterocycles. The lowest BCUT2D eigenvalue weighted by molar-refractivity contribution is -0.121. The summed E-state index contributed by atoms with van der Waals surface area (Å²) in [5, 5.41) is -0.595. The largest absolute Gasteiger partial charge is 0.361 e. The van der Waals surface area contributed by atoms with Gasteiger partial charge in [-0.3, -0.25) is 9.69 Å². The fourth-order valence-corrected chi connectivity index (χ4v) is 2.15. The van der Waals surface area contributed by atoms with Crippen LogP contribution in [0.15, 0.2) is 24.3 Å². The maximum Gasteiger partial charge on any atom is 0.247 e. The molecule has 22 heavy (non-hydrogen) atoms. The summed E-state index contributed by atoms with van der Waals surface area (Å²) in [5.74, 6) is -0.111. The number of alkyl halides is 1. The van der Waals surface area contributed by atoms with Crippen molar-refractivity contribution in [1.82, 2.24) is 0 Å². The van der Waals surface area contributed by atoms with Gasteiger partial charge in [-0.25, -0.2) is 0 Å². The fourth-order valence-electron chi connectivity index (χ4n) is 2.03. The quantitative estimate of drug-likeness (QED) is 0.411. The number of para-hydroxylation sites is 1. The Labute approximate surface area is 139 Å². The van der Waals surface area contributed by atoms with E-state index in [9.17, 15) is 4.79 Å². The Morgan fingerprint density at radius 1 is 1.32 bits per heavy atom. The summed E-state index contributed by atoms with van der Waals surface area (Å²) in [7, 11) is 0. The second kappa shape index (κ2) is 8.54. The van der Waals surface area contributed by atoms with Crippen molar-refractivity contribution in [3.8, 4) is 0 Å². The molecule has 1 rings (SSSR count). The number of nitrogens with zero attached hydrogens (tertiary/aromatic N) is 1. The van der Waals surface area contributed by atoms with Gasteiger partial charge in [-0.05, 0) is 30.4 Å². The van der Waals surface area contributed by atoms with E-state index in [0.717, 1.165) is 24.1 Å². The molecule has 0 aromatic heterocycles. The van der Waals surface area contributed by atoms with Gasteiger partial charge in [0.15, 0.2) is 0 Å². The SMILES string of the molecule is CCCCOCN(C(=O)C(Cl)C(C)(C)C)c1ccccc1C. The Bertz CT molecular complexity index is 482. The summed E-state index contributed by atoms with van der Waals surface area (Å²) in [6.45, 7) is 10.9. The number of hydrogen-bond donors (Lipinski definition) is 0. The summed E-state index contributed by atoms with van der Waals surface area (Å²) in [5.41, 5.74) is 1.59. The van der Waals surface area contributed by atoms with Crippen molar-refractivity contribution in [3.05, 3.63) is 29.8 Å². The van der Waals surface area contributed by atoms with Crippen LogP contribution in [0.2, 0.25) is 0 Å². The van der Waals surface area contributed by atoms with Crippen LogP contribution in [0.1, 0.15) is 46.1 Å². The highest BCUT2D eigenvalue weighted by atomic mass is 35.5. The molecular weight excluding hydrogens is 298 g/mol. The van der Waals surface area contributed by atoms with Gasteiger partial charge in [0, 0.05) is 12.3 Å². The minimum atomic E-state index is -0.595. The number of benzene rings is 1. The van der Waals surface area contributed by atoms with Crippen LogP contribution in [0.3, 0.4) is 0 Å². The average Bonchev–Trinajstić information content (AvgIpc) is 2.46. The van der Waals surface area contributed by atoms with Crippen LogP contribution in [0, 0.1) is 12.3 Å². The van der Waals surface area contributed by atoms with E-state index in [-0.39, 0.29) is 18.1 Å². The molecule has 0 saturated carbocycles. The molecule has 0 saturated heterocycles. The number of anilines is 1. The number of hydrogen-bond acceptors (Lipinski definition) is 2. The van der Waals surface area contributed by atoms with Crippen LogP contribution in [0.25, 0.3) is 0 Å². The third-order valence-corrected chi connectivity index (χ3v) is 4.35. The Kier molecular flexibility index (Phi) is 7.37. The molecule has 1 aromatic carbocycles. The number of carbonyl (C=O) groups is 1. The predicted octanol–water partition coefficient (Wildman–Crippen LogP) is 4.76. The van der Waals surface area contributed by atoms with Crippen LogP contribution >= 0.6 is 11.6 Å². The number of amides is 1. The van der Waals surface area contributed by atoms with E-state index in [4.69, 9.17) is 16.3 Å². The maximum atomic E-state index is 12.8. The van der Waals surface area contributed by atoms with E-state index in [2.05, 4.69) is 6.92 Å². The zero-order valence-corrected chi connectivity index (χ0v) is 15.1. The van der Waals surface area contributed by atoms with E-state index < -0.39 is 5.38 Å². The van der Waals surface area contributed by atoms with Gasteiger partial charge in [0.05, 0.1) is 0 Å². The molecule has 1 unspecified atom stereocenters. The van der Waals surface area contributed by atoms with Crippen LogP contribution in [0.4, 0.5) is 5.69 Å². The Morgan fingerprint density at radius 3 is 2.50 bits per heavy atom. The second-order valence-corrected chi connectivity index (χ2v) is 7.11. The van der Waals surface area contributed by atoms with E-state index in [0.29, 0.717) is 6.61 Å². The molecule has 0 spiro atoms. The summed E-state index contributed by atoms with van der Waals surface area (Å²) in [6, 6.07) is 7.81. The molecule has 1 atom stereocenters. The van der Waals surface area contributed by atoms with Crippen LogP contribution < -0.4 is 4.90 Å². The average molecular weight is 326 g/mol. The van der Waals surface area contributed by atoms with Gasteiger partial charge in [-0.1, -0.05) is 52.3 Å². The standard InChI is InChI=1S/C18H28ClNO2/c1-6-7-12-22-13-20(15-11-9-8-10-14(15)2)17(21)16(19)18(3,4)5/h8-11,16H,6-7,12-13H2,1-5H3.